The van der Waals surface area contributed by atoms with Crippen molar-refractivity contribution in [2.45, 2.75) is 13.0 Å². The van der Waals surface area contributed by atoms with Crippen LogP contribution in [0, 0.1) is 5.82 Å². The van der Waals surface area contributed by atoms with E-state index in [0.717, 1.165) is 43.2 Å². The van der Waals surface area contributed by atoms with Gasteiger partial charge in [-0.2, -0.15) is 0 Å². The lowest BCUT2D eigenvalue weighted by Crippen LogP contribution is -2.36. The van der Waals surface area contributed by atoms with Crippen LogP contribution in [0.4, 0.5) is 10.2 Å². The van der Waals surface area contributed by atoms with Gasteiger partial charge in [0.15, 0.2) is 0 Å². The lowest BCUT2D eigenvalue weighted by molar-refractivity contribution is -0.120. The number of halogens is 1. The summed E-state index contributed by atoms with van der Waals surface area (Å²) < 4.78 is 18.2. The van der Waals surface area contributed by atoms with Crippen molar-refractivity contribution in [2.75, 3.05) is 31.2 Å². The Hall–Kier alpha value is -2.47. The molecule has 1 aromatic heterocycles. The predicted octanol–water partition coefficient (Wildman–Crippen LogP) is 1.92. The first-order valence-corrected chi connectivity index (χ1v) is 7.99. The second-order valence-corrected chi connectivity index (χ2v) is 5.70. The molecule has 0 unspecified atom stereocenters. The predicted molar refractivity (Wildman–Crippen MR) is 89.2 cm³/mol. The van der Waals surface area contributed by atoms with E-state index in [0.29, 0.717) is 6.54 Å². The molecule has 5 nitrogen and oxygen atoms in total. The molecule has 1 aliphatic heterocycles. The molecule has 0 spiro atoms. The van der Waals surface area contributed by atoms with Gasteiger partial charge in [0.05, 0.1) is 19.6 Å². The number of aromatic nitrogens is 1. The van der Waals surface area contributed by atoms with Crippen LogP contribution in [0.1, 0.15) is 11.1 Å². The summed E-state index contributed by atoms with van der Waals surface area (Å²) in [6.07, 6.45) is 2.02. The maximum absolute atomic E-state index is 12.8. The summed E-state index contributed by atoms with van der Waals surface area (Å²) in [5.74, 6) is 0.532. The third-order valence-electron chi connectivity index (χ3n) is 3.91. The Kier molecular flexibility index (Phi) is 5.38. The molecule has 0 aliphatic carbocycles. The second kappa shape index (κ2) is 7.88. The zero-order chi connectivity index (χ0) is 16.8. The molecule has 24 heavy (non-hydrogen) atoms. The molecule has 2 aromatic rings. The number of nitrogens with zero attached hydrogens (tertiary/aromatic N) is 2. The zero-order valence-corrected chi connectivity index (χ0v) is 13.4. The molecule has 0 atom stereocenters. The first kappa shape index (κ1) is 16.4. The van der Waals surface area contributed by atoms with Crippen LogP contribution in [0.3, 0.4) is 0 Å². The third-order valence-corrected chi connectivity index (χ3v) is 3.91. The van der Waals surface area contributed by atoms with Crippen LogP contribution in [0.15, 0.2) is 42.6 Å². The Morgan fingerprint density at radius 2 is 1.83 bits per heavy atom. The molecule has 0 bridgehead atoms. The van der Waals surface area contributed by atoms with Gasteiger partial charge in [-0.15, -0.1) is 0 Å². The Labute approximate surface area is 140 Å². The van der Waals surface area contributed by atoms with Gasteiger partial charge >= 0.3 is 0 Å². The average Bonchev–Trinajstić information content (AvgIpc) is 2.63. The van der Waals surface area contributed by atoms with Gasteiger partial charge in [0, 0.05) is 25.8 Å². The molecule has 1 amide bonds. The Morgan fingerprint density at radius 3 is 2.50 bits per heavy atom. The first-order valence-electron chi connectivity index (χ1n) is 7.99. The van der Waals surface area contributed by atoms with Crippen LogP contribution >= 0.6 is 0 Å². The molecule has 1 N–H and O–H groups in total. The number of benzene rings is 1. The average molecular weight is 329 g/mol. The molecule has 1 saturated heterocycles. The van der Waals surface area contributed by atoms with Gasteiger partial charge < -0.3 is 15.0 Å². The highest BCUT2D eigenvalue weighted by Crippen LogP contribution is 2.13. The Morgan fingerprint density at radius 1 is 1.12 bits per heavy atom. The normalized spacial score (nSPS) is 14.5. The van der Waals surface area contributed by atoms with Crippen LogP contribution in [0.25, 0.3) is 0 Å². The number of morpholine rings is 1. The number of hydrogen-bond donors (Lipinski definition) is 1. The summed E-state index contributed by atoms with van der Waals surface area (Å²) in [4.78, 5) is 18.6. The summed E-state index contributed by atoms with van der Waals surface area (Å²) in [6, 6.07) is 9.89. The van der Waals surface area contributed by atoms with Gasteiger partial charge in [-0.1, -0.05) is 18.2 Å². The third kappa shape index (κ3) is 4.52. The van der Waals surface area contributed by atoms with Gasteiger partial charge in [-0.25, -0.2) is 9.37 Å². The van der Waals surface area contributed by atoms with Crippen LogP contribution in [-0.2, 0) is 22.5 Å². The van der Waals surface area contributed by atoms with Crippen LogP contribution in [0.2, 0.25) is 0 Å². The highest BCUT2D eigenvalue weighted by Gasteiger charge is 2.12. The van der Waals surface area contributed by atoms with Gasteiger partial charge in [-0.3, -0.25) is 4.79 Å². The summed E-state index contributed by atoms with van der Waals surface area (Å²) in [5, 5.41) is 2.85. The van der Waals surface area contributed by atoms with E-state index in [2.05, 4.69) is 15.2 Å². The first-order chi connectivity index (χ1) is 11.7. The monoisotopic (exact) mass is 329 g/mol. The van der Waals surface area contributed by atoms with E-state index in [1.54, 1.807) is 18.3 Å². The minimum atomic E-state index is -0.300. The molecule has 0 radical (unpaired) electrons. The van der Waals surface area contributed by atoms with Crippen molar-refractivity contribution < 1.29 is 13.9 Å². The van der Waals surface area contributed by atoms with E-state index in [1.807, 2.05) is 12.1 Å². The molecule has 1 fully saturated rings. The fraction of sp³-hybridized carbons (Fsp3) is 0.333. The molecule has 0 saturated carbocycles. The van der Waals surface area contributed by atoms with Crippen molar-refractivity contribution in [3.63, 3.8) is 0 Å². The van der Waals surface area contributed by atoms with Crippen LogP contribution in [0.5, 0.6) is 0 Å². The van der Waals surface area contributed by atoms with E-state index >= 15 is 0 Å². The number of ether oxygens (including phenoxy) is 1. The number of amides is 1. The van der Waals surface area contributed by atoms with Crippen molar-refractivity contribution in [3.05, 3.63) is 59.5 Å². The molecule has 2 heterocycles. The molecule has 6 heteroatoms. The second-order valence-electron chi connectivity index (χ2n) is 5.70. The van der Waals surface area contributed by atoms with Crippen molar-refractivity contribution >= 4 is 11.7 Å². The van der Waals surface area contributed by atoms with Gasteiger partial charge in [0.1, 0.15) is 11.6 Å². The lowest BCUT2D eigenvalue weighted by Gasteiger charge is -2.27. The quantitative estimate of drug-likeness (QED) is 0.910. The number of carbonyl (C=O) groups excluding carboxylic acids is 1. The molecule has 126 valence electrons. The van der Waals surface area contributed by atoms with E-state index in [4.69, 9.17) is 4.74 Å². The van der Waals surface area contributed by atoms with E-state index in [9.17, 15) is 9.18 Å². The molecular formula is C18H20FN3O2. The van der Waals surface area contributed by atoms with Gasteiger partial charge in [-0.05, 0) is 29.3 Å². The topological polar surface area (TPSA) is 54.5 Å². The summed E-state index contributed by atoms with van der Waals surface area (Å²) >= 11 is 0. The van der Waals surface area contributed by atoms with E-state index < -0.39 is 0 Å². The fourth-order valence-electron chi connectivity index (χ4n) is 2.55. The van der Waals surface area contributed by atoms with Gasteiger partial charge in [0.2, 0.25) is 5.91 Å². The van der Waals surface area contributed by atoms with E-state index in [-0.39, 0.29) is 18.1 Å². The standard InChI is InChI=1S/C18H20FN3O2/c19-16-4-1-14(2-5-16)11-18(23)21-13-15-3-6-17(20-12-15)22-7-9-24-10-8-22/h1-6,12H,7-11,13H2,(H,21,23). The summed E-state index contributed by atoms with van der Waals surface area (Å²) in [7, 11) is 0. The highest BCUT2D eigenvalue weighted by molar-refractivity contribution is 5.78. The number of carbonyl (C=O) groups is 1. The minimum absolute atomic E-state index is 0.0983. The smallest absolute Gasteiger partial charge is 0.224 e. The molecule has 3 rings (SSSR count). The van der Waals surface area contributed by atoms with Crippen LogP contribution in [-0.4, -0.2) is 37.2 Å². The van der Waals surface area contributed by atoms with Crippen molar-refractivity contribution in [1.29, 1.82) is 0 Å². The summed E-state index contributed by atoms with van der Waals surface area (Å²) in [5.41, 5.74) is 1.73. The summed E-state index contributed by atoms with van der Waals surface area (Å²) in [6.45, 7) is 3.57. The van der Waals surface area contributed by atoms with Crippen molar-refractivity contribution in [3.8, 4) is 0 Å². The number of rotatable bonds is 5. The molecule has 1 aromatic carbocycles. The lowest BCUT2D eigenvalue weighted by atomic mass is 10.1. The molecular weight excluding hydrogens is 309 g/mol. The molecule has 1 aliphatic rings. The number of hydrogen-bond acceptors (Lipinski definition) is 4. The maximum Gasteiger partial charge on any atom is 0.224 e. The van der Waals surface area contributed by atoms with Gasteiger partial charge in [0.25, 0.3) is 0 Å². The number of pyridine rings is 1. The minimum Gasteiger partial charge on any atom is -0.378 e. The van der Waals surface area contributed by atoms with E-state index in [1.165, 1.54) is 12.1 Å². The van der Waals surface area contributed by atoms with Crippen LogP contribution < -0.4 is 10.2 Å². The highest BCUT2D eigenvalue weighted by atomic mass is 19.1. The maximum atomic E-state index is 12.8. The van der Waals surface area contributed by atoms with Crippen molar-refractivity contribution in [1.82, 2.24) is 10.3 Å². The number of nitrogens with one attached hydrogen (secondary N) is 1. The fourth-order valence-corrected chi connectivity index (χ4v) is 2.55. The van der Waals surface area contributed by atoms with Crippen molar-refractivity contribution in [2.24, 2.45) is 0 Å². The largest absolute Gasteiger partial charge is 0.378 e. The Bertz CT molecular complexity index is 668. The Balaban J connectivity index is 1.49. The number of anilines is 1. The zero-order valence-electron chi connectivity index (χ0n) is 13.4. The SMILES string of the molecule is O=C(Cc1ccc(F)cc1)NCc1ccc(N2CCOCC2)nc1.